The van der Waals surface area contributed by atoms with E-state index in [2.05, 4.69) is 4.98 Å². The van der Waals surface area contributed by atoms with Gasteiger partial charge in [-0.25, -0.2) is 14.2 Å². The van der Waals surface area contributed by atoms with Gasteiger partial charge in [-0.05, 0) is 43.3 Å². The summed E-state index contributed by atoms with van der Waals surface area (Å²) in [6, 6.07) is 16.5. The molecule has 3 rings (SSSR count). The molecule has 118 valence electrons. The van der Waals surface area contributed by atoms with Gasteiger partial charge in [-0.1, -0.05) is 18.2 Å². The minimum atomic E-state index is -0.848. The van der Waals surface area contributed by atoms with Crippen LogP contribution in [0.1, 0.15) is 17.3 Å². The van der Waals surface area contributed by atoms with Crippen molar-refractivity contribution >= 4 is 16.9 Å². The van der Waals surface area contributed by atoms with Crippen LogP contribution < -0.4 is 0 Å². The van der Waals surface area contributed by atoms with Crippen LogP contribution in [0.15, 0.2) is 54.6 Å². The summed E-state index contributed by atoms with van der Waals surface area (Å²) in [5, 5.41) is 9.46. The lowest BCUT2D eigenvalue weighted by Gasteiger charge is -2.11. The summed E-state index contributed by atoms with van der Waals surface area (Å²) in [4.78, 5) is 16.9. The van der Waals surface area contributed by atoms with E-state index in [1.165, 1.54) is 19.1 Å². The summed E-state index contributed by atoms with van der Waals surface area (Å²) in [6.07, 6.45) is -0.848. The van der Waals surface area contributed by atoms with Crippen LogP contribution in [-0.4, -0.2) is 17.1 Å². The van der Waals surface area contributed by atoms with E-state index in [4.69, 9.17) is 10.00 Å². The highest BCUT2D eigenvalue weighted by Gasteiger charge is 2.17. The minimum Gasteiger partial charge on any atom is -0.444 e. The second-order valence-electron chi connectivity index (χ2n) is 5.26. The number of fused-ring (bicyclic) bond motifs is 1. The second kappa shape index (κ2) is 6.47. The lowest BCUT2D eigenvalue weighted by Crippen LogP contribution is -2.14. The molecule has 1 aromatic heterocycles. The number of benzene rings is 2. The zero-order chi connectivity index (χ0) is 17.1. The maximum absolute atomic E-state index is 13.1. The Kier molecular flexibility index (Phi) is 4.21. The quantitative estimate of drug-likeness (QED) is 0.681. The number of carbonyl (C=O) groups excluding carboxylic acids is 1. The predicted octanol–water partition coefficient (Wildman–Crippen LogP) is 4.11. The normalized spacial score (nSPS) is 11.7. The summed E-state index contributed by atoms with van der Waals surface area (Å²) < 4.78 is 18.2. The van der Waals surface area contributed by atoms with Gasteiger partial charge in [-0.15, -0.1) is 0 Å². The standard InChI is InChI=1S/C19H13FN2O2/c1-12(11-21)24-19(23)16-10-18(13-6-8-14(20)9-7-13)22-17-5-3-2-4-15(16)17/h2-10,12H,1H3/t12-/m0/s1. The van der Waals surface area contributed by atoms with E-state index in [1.807, 2.05) is 12.1 Å². The van der Waals surface area contributed by atoms with Gasteiger partial charge in [0.05, 0.1) is 16.8 Å². The van der Waals surface area contributed by atoms with Crippen LogP contribution in [0.25, 0.3) is 22.2 Å². The molecule has 0 aliphatic carbocycles. The van der Waals surface area contributed by atoms with Crippen LogP contribution in [0.2, 0.25) is 0 Å². The largest absolute Gasteiger partial charge is 0.444 e. The zero-order valence-electron chi connectivity index (χ0n) is 12.9. The van der Waals surface area contributed by atoms with Crippen LogP contribution in [0, 0.1) is 17.1 Å². The smallest absolute Gasteiger partial charge is 0.340 e. The summed E-state index contributed by atoms with van der Waals surface area (Å²) in [5.74, 6) is -0.937. The molecule has 0 unspecified atom stereocenters. The number of pyridine rings is 1. The Morgan fingerprint density at radius 3 is 2.62 bits per heavy atom. The van der Waals surface area contributed by atoms with Gasteiger partial charge in [0.2, 0.25) is 0 Å². The number of carbonyl (C=O) groups is 1. The van der Waals surface area contributed by atoms with Gasteiger partial charge in [-0.2, -0.15) is 5.26 Å². The first-order chi connectivity index (χ1) is 11.6. The van der Waals surface area contributed by atoms with Gasteiger partial charge in [0.25, 0.3) is 0 Å². The average molecular weight is 320 g/mol. The molecule has 5 heteroatoms. The Morgan fingerprint density at radius 1 is 1.21 bits per heavy atom. The summed E-state index contributed by atoms with van der Waals surface area (Å²) in [5.41, 5.74) is 2.16. The average Bonchev–Trinajstić information content (AvgIpc) is 2.61. The van der Waals surface area contributed by atoms with E-state index >= 15 is 0 Å². The van der Waals surface area contributed by atoms with Crippen LogP contribution >= 0.6 is 0 Å². The first-order valence-electron chi connectivity index (χ1n) is 7.35. The van der Waals surface area contributed by atoms with Gasteiger partial charge in [0.1, 0.15) is 11.9 Å². The number of halogens is 1. The third kappa shape index (κ3) is 3.08. The van der Waals surface area contributed by atoms with Crippen molar-refractivity contribution < 1.29 is 13.9 Å². The van der Waals surface area contributed by atoms with Crippen molar-refractivity contribution in [3.8, 4) is 17.3 Å². The number of nitriles is 1. The third-order valence-corrected chi connectivity index (χ3v) is 3.54. The van der Waals surface area contributed by atoms with Crippen LogP contribution in [0.4, 0.5) is 4.39 Å². The number of para-hydroxylation sites is 1. The number of aromatic nitrogens is 1. The minimum absolute atomic E-state index is 0.321. The van der Waals surface area contributed by atoms with E-state index < -0.39 is 12.1 Å². The Bertz CT molecular complexity index is 946. The first kappa shape index (κ1) is 15.6. The molecule has 0 aliphatic heterocycles. The van der Waals surface area contributed by atoms with E-state index in [1.54, 1.807) is 36.4 Å². The fraction of sp³-hybridized carbons (Fsp3) is 0.105. The van der Waals surface area contributed by atoms with E-state index in [0.29, 0.717) is 27.7 Å². The van der Waals surface area contributed by atoms with Gasteiger partial charge in [-0.3, -0.25) is 0 Å². The predicted molar refractivity (Wildman–Crippen MR) is 87.6 cm³/mol. The van der Waals surface area contributed by atoms with Crippen molar-refractivity contribution in [3.05, 3.63) is 66.0 Å². The summed E-state index contributed by atoms with van der Waals surface area (Å²) >= 11 is 0. The van der Waals surface area contributed by atoms with Crippen LogP contribution in [-0.2, 0) is 4.74 Å². The van der Waals surface area contributed by atoms with Crippen LogP contribution in [0.5, 0.6) is 0 Å². The van der Waals surface area contributed by atoms with E-state index in [-0.39, 0.29) is 5.82 Å². The highest BCUT2D eigenvalue weighted by Crippen LogP contribution is 2.25. The van der Waals surface area contributed by atoms with Crippen molar-refractivity contribution in [2.45, 2.75) is 13.0 Å². The van der Waals surface area contributed by atoms with Gasteiger partial charge < -0.3 is 4.74 Å². The van der Waals surface area contributed by atoms with E-state index in [9.17, 15) is 9.18 Å². The van der Waals surface area contributed by atoms with Gasteiger partial charge >= 0.3 is 5.97 Å². The number of hydrogen-bond acceptors (Lipinski definition) is 4. The molecule has 24 heavy (non-hydrogen) atoms. The molecule has 1 atom stereocenters. The SMILES string of the molecule is C[C@@H](C#N)OC(=O)c1cc(-c2ccc(F)cc2)nc2ccccc12. The number of esters is 1. The maximum Gasteiger partial charge on any atom is 0.340 e. The molecule has 0 spiro atoms. The molecular formula is C19H13FN2O2. The number of ether oxygens (including phenoxy) is 1. The zero-order valence-corrected chi connectivity index (χ0v) is 12.9. The number of hydrogen-bond donors (Lipinski definition) is 0. The van der Waals surface area contributed by atoms with Crippen LogP contribution in [0.3, 0.4) is 0 Å². The number of rotatable bonds is 3. The first-order valence-corrected chi connectivity index (χ1v) is 7.35. The molecule has 0 saturated heterocycles. The molecule has 2 aromatic carbocycles. The molecule has 0 aliphatic rings. The van der Waals surface area contributed by atoms with Crippen molar-refractivity contribution in [2.24, 2.45) is 0 Å². The summed E-state index contributed by atoms with van der Waals surface area (Å²) in [6.45, 7) is 1.50. The third-order valence-electron chi connectivity index (χ3n) is 3.54. The molecule has 1 heterocycles. The van der Waals surface area contributed by atoms with Crippen molar-refractivity contribution in [3.63, 3.8) is 0 Å². The Hall–Kier alpha value is -3.26. The fourth-order valence-corrected chi connectivity index (χ4v) is 2.36. The Morgan fingerprint density at radius 2 is 1.92 bits per heavy atom. The van der Waals surface area contributed by atoms with Gasteiger partial charge in [0, 0.05) is 10.9 Å². The lowest BCUT2D eigenvalue weighted by atomic mass is 10.0. The van der Waals surface area contributed by atoms with Crippen molar-refractivity contribution in [2.75, 3.05) is 0 Å². The number of nitrogens with zero attached hydrogens (tertiary/aromatic N) is 2. The molecule has 3 aromatic rings. The monoisotopic (exact) mass is 320 g/mol. The molecule has 4 nitrogen and oxygen atoms in total. The molecule has 0 fully saturated rings. The molecule has 0 saturated carbocycles. The second-order valence-corrected chi connectivity index (χ2v) is 5.26. The highest BCUT2D eigenvalue weighted by atomic mass is 19.1. The molecular weight excluding hydrogens is 307 g/mol. The lowest BCUT2D eigenvalue weighted by molar-refractivity contribution is 0.0438. The molecule has 0 N–H and O–H groups in total. The topological polar surface area (TPSA) is 63.0 Å². The molecule has 0 amide bonds. The van der Waals surface area contributed by atoms with Crippen molar-refractivity contribution in [1.82, 2.24) is 4.98 Å². The van der Waals surface area contributed by atoms with Gasteiger partial charge in [0.15, 0.2) is 6.10 Å². The maximum atomic E-state index is 13.1. The molecule has 0 bridgehead atoms. The summed E-state index contributed by atoms with van der Waals surface area (Å²) in [7, 11) is 0. The Balaban J connectivity index is 2.14. The fourth-order valence-electron chi connectivity index (χ4n) is 2.36. The van der Waals surface area contributed by atoms with Crippen molar-refractivity contribution in [1.29, 1.82) is 5.26 Å². The molecule has 0 radical (unpaired) electrons. The Labute approximate surface area is 138 Å². The van der Waals surface area contributed by atoms with E-state index in [0.717, 1.165) is 0 Å². The highest BCUT2D eigenvalue weighted by molar-refractivity contribution is 6.04.